The molecular weight excluding hydrogens is 260 g/mol. The highest BCUT2D eigenvalue weighted by Crippen LogP contribution is 2.16. The summed E-state index contributed by atoms with van der Waals surface area (Å²) in [5.74, 6) is 0.932. The quantitative estimate of drug-likeness (QED) is 0.743. The summed E-state index contributed by atoms with van der Waals surface area (Å²) in [4.78, 5) is 22.3. The van der Waals surface area contributed by atoms with Crippen LogP contribution >= 0.6 is 0 Å². The number of benzene rings is 1. The zero-order valence-corrected chi connectivity index (χ0v) is 10.8. The number of nitrogens with two attached hydrogens (primary N) is 2. The van der Waals surface area contributed by atoms with Crippen molar-refractivity contribution in [1.82, 2.24) is 15.0 Å². The van der Waals surface area contributed by atoms with Gasteiger partial charge in [-0.3, -0.25) is 4.79 Å². The Bertz CT molecular complexity index is 594. The zero-order chi connectivity index (χ0) is 14.5. The van der Waals surface area contributed by atoms with Gasteiger partial charge >= 0.3 is 0 Å². The molecule has 0 fully saturated rings. The second kappa shape index (κ2) is 5.83. The lowest BCUT2D eigenvalue weighted by atomic mass is 10.3. The Labute approximate surface area is 115 Å². The summed E-state index contributed by atoms with van der Waals surface area (Å²) < 4.78 is 5.49. The molecule has 1 amide bonds. The Hall–Kier alpha value is -2.90. The number of amides is 1. The fourth-order valence-corrected chi connectivity index (χ4v) is 1.51. The van der Waals surface area contributed by atoms with E-state index >= 15 is 0 Å². The smallest absolute Gasteiger partial charge is 0.225 e. The van der Waals surface area contributed by atoms with Gasteiger partial charge in [0.2, 0.25) is 17.8 Å². The van der Waals surface area contributed by atoms with Crippen LogP contribution in [-0.2, 0) is 11.4 Å². The highest BCUT2D eigenvalue weighted by atomic mass is 16.5. The van der Waals surface area contributed by atoms with Gasteiger partial charge in [-0.25, -0.2) is 0 Å². The Balaban J connectivity index is 1.98. The molecule has 20 heavy (non-hydrogen) atoms. The minimum Gasteiger partial charge on any atom is -0.486 e. The lowest BCUT2D eigenvalue weighted by Gasteiger charge is -2.07. The monoisotopic (exact) mass is 274 g/mol. The third-order valence-electron chi connectivity index (χ3n) is 2.26. The molecule has 0 saturated carbocycles. The van der Waals surface area contributed by atoms with Crippen LogP contribution in [0.15, 0.2) is 24.3 Å². The van der Waals surface area contributed by atoms with Gasteiger partial charge < -0.3 is 21.5 Å². The molecule has 0 aliphatic carbocycles. The van der Waals surface area contributed by atoms with Gasteiger partial charge in [0.1, 0.15) is 12.4 Å². The van der Waals surface area contributed by atoms with Crippen LogP contribution in [0.4, 0.5) is 17.6 Å². The topological polar surface area (TPSA) is 129 Å². The van der Waals surface area contributed by atoms with Crippen molar-refractivity contribution in [2.45, 2.75) is 13.5 Å². The predicted molar refractivity (Wildman–Crippen MR) is 73.7 cm³/mol. The third-order valence-corrected chi connectivity index (χ3v) is 2.26. The first-order valence-electron chi connectivity index (χ1n) is 5.79. The van der Waals surface area contributed by atoms with Crippen molar-refractivity contribution >= 4 is 23.5 Å². The molecule has 0 unspecified atom stereocenters. The first-order chi connectivity index (χ1) is 9.52. The van der Waals surface area contributed by atoms with Crippen LogP contribution in [0, 0.1) is 0 Å². The van der Waals surface area contributed by atoms with Crippen molar-refractivity contribution in [3.63, 3.8) is 0 Å². The molecule has 0 bridgehead atoms. The van der Waals surface area contributed by atoms with Crippen LogP contribution < -0.4 is 21.5 Å². The number of rotatable bonds is 4. The van der Waals surface area contributed by atoms with E-state index in [2.05, 4.69) is 20.3 Å². The Kier molecular flexibility index (Phi) is 3.94. The molecule has 0 radical (unpaired) electrons. The van der Waals surface area contributed by atoms with E-state index in [4.69, 9.17) is 16.2 Å². The Morgan fingerprint density at radius 1 is 1.15 bits per heavy atom. The number of anilines is 3. The van der Waals surface area contributed by atoms with E-state index in [-0.39, 0.29) is 24.4 Å². The molecule has 0 saturated heterocycles. The average Bonchev–Trinajstić information content (AvgIpc) is 2.36. The third kappa shape index (κ3) is 3.80. The van der Waals surface area contributed by atoms with Gasteiger partial charge in [-0.15, -0.1) is 0 Å². The fraction of sp³-hybridized carbons (Fsp3) is 0.167. The molecule has 1 heterocycles. The Morgan fingerprint density at radius 3 is 2.30 bits per heavy atom. The van der Waals surface area contributed by atoms with Crippen LogP contribution in [0.5, 0.6) is 5.75 Å². The van der Waals surface area contributed by atoms with Crippen molar-refractivity contribution in [2.75, 3.05) is 16.8 Å². The predicted octanol–water partition coefficient (Wildman–Crippen LogP) is 0.573. The van der Waals surface area contributed by atoms with E-state index in [1.807, 2.05) is 0 Å². The van der Waals surface area contributed by atoms with Gasteiger partial charge in [-0.05, 0) is 24.3 Å². The Morgan fingerprint density at radius 2 is 1.75 bits per heavy atom. The molecule has 104 valence electrons. The molecule has 1 aromatic carbocycles. The number of ether oxygens (including phenoxy) is 1. The number of nitrogens with zero attached hydrogens (tertiary/aromatic N) is 3. The summed E-state index contributed by atoms with van der Waals surface area (Å²) in [5.41, 5.74) is 11.6. The fourth-order valence-electron chi connectivity index (χ4n) is 1.51. The number of aromatic nitrogens is 3. The lowest BCUT2D eigenvalue weighted by molar-refractivity contribution is -0.114. The number of nitrogens with one attached hydrogen (secondary N) is 1. The summed E-state index contributed by atoms with van der Waals surface area (Å²) in [7, 11) is 0. The number of carbonyl (C=O) groups excluding carboxylic acids is 1. The maximum Gasteiger partial charge on any atom is 0.225 e. The van der Waals surface area contributed by atoms with Gasteiger partial charge in [-0.1, -0.05) is 0 Å². The van der Waals surface area contributed by atoms with Crippen LogP contribution in [0.1, 0.15) is 12.7 Å². The summed E-state index contributed by atoms with van der Waals surface area (Å²) in [6.45, 7) is 1.57. The molecule has 1 aromatic heterocycles. The van der Waals surface area contributed by atoms with E-state index in [0.717, 1.165) is 0 Å². The van der Waals surface area contributed by atoms with Gasteiger partial charge in [0.15, 0.2) is 5.82 Å². The standard InChI is InChI=1S/C12H14N6O2/c1-7(19)15-8-2-4-9(5-3-8)20-6-10-16-11(13)18-12(14)17-10/h2-5H,6H2,1H3,(H,15,19)(H4,13,14,16,17,18). The normalized spacial score (nSPS) is 10.1. The molecule has 8 nitrogen and oxygen atoms in total. The summed E-state index contributed by atoms with van der Waals surface area (Å²) in [5, 5.41) is 2.66. The summed E-state index contributed by atoms with van der Waals surface area (Å²) in [6, 6.07) is 6.90. The van der Waals surface area contributed by atoms with E-state index in [1.165, 1.54) is 6.92 Å². The molecule has 0 aliphatic rings. The second-order valence-corrected chi connectivity index (χ2v) is 3.96. The van der Waals surface area contributed by atoms with Gasteiger partial charge in [0, 0.05) is 12.6 Å². The summed E-state index contributed by atoms with van der Waals surface area (Å²) >= 11 is 0. The first-order valence-corrected chi connectivity index (χ1v) is 5.79. The first kappa shape index (κ1) is 13.5. The maximum atomic E-state index is 10.9. The van der Waals surface area contributed by atoms with E-state index in [9.17, 15) is 4.79 Å². The average molecular weight is 274 g/mol. The number of hydrogen-bond acceptors (Lipinski definition) is 7. The zero-order valence-electron chi connectivity index (χ0n) is 10.8. The minimum atomic E-state index is -0.130. The van der Waals surface area contributed by atoms with Crippen molar-refractivity contribution in [1.29, 1.82) is 0 Å². The van der Waals surface area contributed by atoms with Crippen molar-refractivity contribution in [3.8, 4) is 5.75 Å². The van der Waals surface area contributed by atoms with Crippen LogP contribution in [-0.4, -0.2) is 20.9 Å². The number of nitrogen functional groups attached to an aromatic ring is 2. The molecule has 0 atom stereocenters. The lowest BCUT2D eigenvalue weighted by Crippen LogP contribution is -2.09. The van der Waals surface area contributed by atoms with Crippen LogP contribution in [0.2, 0.25) is 0 Å². The van der Waals surface area contributed by atoms with E-state index in [1.54, 1.807) is 24.3 Å². The SMILES string of the molecule is CC(=O)Nc1ccc(OCc2nc(N)nc(N)n2)cc1. The molecule has 2 aromatic rings. The van der Waals surface area contributed by atoms with Gasteiger partial charge in [0.05, 0.1) is 0 Å². The largest absolute Gasteiger partial charge is 0.486 e. The number of hydrogen-bond donors (Lipinski definition) is 3. The second-order valence-electron chi connectivity index (χ2n) is 3.96. The maximum absolute atomic E-state index is 10.9. The van der Waals surface area contributed by atoms with Gasteiger partial charge in [0.25, 0.3) is 0 Å². The van der Waals surface area contributed by atoms with Crippen LogP contribution in [0.3, 0.4) is 0 Å². The number of carbonyl (C=O) groups is 1. The minimum absolute atomic E-state index is 0.0529. The molecule has 0 aliphatic heterocycles. The van der Waals surface area contributed by atoms with Crippen LogP contribution in [0.25, 0.3) is 0 Å². The van der Waals surface area contributed by atoms with E-state index < -0.39 is 0 Å². The highest BCUT2D eigenvalue weighted by molar-refractivity contribution is 5.88. The molecule has 0 spiro atoms. The highest BCUT2D eigenvalue weighted by Gasteiger charge is 2.03. The van der Waals surface area contributed by atoms with Crippen molar-refractivity contribution < 1.29 is 9.53 Å². The molecule has 8 heteroatoms. The van der Waals surface area contributed by atoms with Crippen molar-refractivity contribution in [2.24, 2.45) is 0 Å². The molecule has 2 rings (SSSR count). The van der Waals surface area contributed by atoms with Gasteiger partial charge in [-0.2, -0.15) is 15.0 Å². The summed E-state index contributed by atoms with van der Waals surface area (Å²) in [6.07, 6.45) is 0. The van der Waals surface area contributed by atoms with Crippen molar-refractivity contribution in [3.05, 3.63) is 30.1 Å². The van der Waals surface area contributed by atoms with E-state index in [0.29, 0.717) is 17.3 Å². The molecular formula is C12H14N6O2. The molecule has 5 N–H and O–H groups in total.